The SMILES string of the molecule is CCCNC(=O)N1C[C@@H]2[C@H](c3ccccc31)[C@H](CO)N2C(=O)NC(C)C. The highest BCUT2D eigenvalue weighted by atomic mass is 16.3. The number of benzene rings is 1. The fourth-order valence-electron chi connectivity index (χ4n) is 4.01. The second-order valence-corrected chi connectivity index (χ2v) is 7.26. The molecule has 0 aromatic heterocycles. The van der Waals surface area contributed by atoms with Crippen LogP contribution in [0.15, 0.2) is 24.3 Å². The number of nitrogens with zero attached hydrogens (tertiary/aromatic N) is 2. The minimum absolute atomic E-state index is 0.0146. The Balaban J connectivity index is 1.90. The molecule has 2 aliphatic heterocycles. The van der Waals surface area contributed by atoms with Crippen molar-refractivity contribution in [3.05, 3.63) is 29.8 Å². The lowest BCUT2D eigenvalue weighted by Crippen LogP contribution is -2.72. The van der Waals surface area contributed by atoms with Crippen LogP contribution in [-0.4, -0.2) is 59.9 Å². The minimum atomic E-state index is -0.263. The molecule has 0 bridgehead atoms. The van der Waals surface area contributed by atoms with E-state index >= 15 is 0 Å². The molecule has 0 spiro atoms. The first-order chi connectivity index (χ1) is 12.5. The van der Waals surface area contributed by atoms with E-state index in [1.165, 1.54) is 0 Å². The number of likely N-dealkylation sites (tertiary alicyclic amines) is 1. The molecular weight excluding hydrogens is 332 g/mol. The quantitative estimate of drug-likeness (QED) is 0.766. The summed E-state index contributed by atoms with van der Waals surface area (Å²) in [6.45, 7) is 6.77. The predicted octanol–water partition coefficient (Wildman–Crippen LogP) is 1.87. The average Bonchev–Trinajstić information content (AvgIpc) is 2.59. The van der Waals surface area contributed by atoms with Crippen LogP contribution in [0.2, 0.25) is 0 Å². The summed E-state index contributed by atoms with van der Waals surface area (Å²) in [5.41, 5.74) is 1.88. The molecule has 2 heterocycles. The van der Waals surface area contributed by atoms with Crippen LogP contribution in [-0.2, 0) is 0 Å². The molecule has 0 radical (unpaired) electrons. The lowest BCUT2D eigenvalue weighted by molar-refractivity contribution is -0.00753. The van der Waals surface area contributed by atoms with Crippen LogP contribution >= 0.6 is 0 Å². The summed E-state index contributed by atoms with van der Waals surface area (Å²) in [6.07, 6.45) is 0.864. The molecule has 2 aliphatic rings. The fourth-order valence-corrected chi connectivity index (χ4v) is 4.01. The Hall–Kier alpha value is -2.28. The topological polar surface area (TPSA) is 84.9 Å². The Bertz CT molecular complexity index is 679. The molecule has 3 atom stereocenters. The van der Waals surface area contributed by atoms with Crippen LogP contribution in [0.5, 0.6) is 0 Å². The third-order valence-corrected chi connectivity index (χ3v) is 5.11. The van der Waals surface area contributed by atoms with Crippen molar-refractivity contribution in [2.75, 3.05) is 24.6 Å². The Labute approximate surface area is 154 Å². The summed E-state index contributed by atoms with van der Waals surface area (Å²) in [5, 5.41) is 15.7. The summed E-state index contributed by atoms with van der Waals surface area (Å²) in [6, 6.07) is 7.07. The second kappa shape index (κ2) is 7.53. The maximum absolute atomic E-state index is 12.6. The van der Waals surface area contributed by atoms with Crippen LogP contribution in [0, 0.1) is 0 Å². The number of nitrogens with one attached hydrogen (secondary N) is 2. The second-order valence-electron chi connectivity index (χ2n) is 7.26. The third-order valence-electron chi connectivity index (χ3n) is 5.11. The third kappa shape index (κ3) is 3.11. The van der Waals surface area contributed by atoms with Gasteiger partial charge < -0.3 is 20.6 Å². The van der Waals surface area contributed by atoms with Gasteiger partial charge >= 0.3 is 12.1 Å². The Morgan fingerprint density at radius 1 is 1.27 bits per heavy atom. The van der Waals surface area contributed by atoms with Crippen LogP contribution < -0.4 is 15.5 Å². The van der Waals surface area contributed by atoms with Crippen LogP contribution in [0.1, 0.15) is 38.7 Å². The number of anilines is 1. The molecule has 1 fully saturated rings. The summed E-state index contributed by atoms with van der Waals surface area (Å²) >= 11 is 0. The first-order valence-electron chi connectivity index (χ1n) is 9.33. The molecule has 4 amide bonds. The van der Waals surface area contributed by atoms with Gasteiger partial charge in [0, 0.05) is 30.7 Å². The molecule has 3 N–H and O–H groups in total. The van der Waals surface area contributed by atoms with E-state index in [0.717, 1.165) is 17.7 Å². The van der Waals surface area contributed by atoms with E-state index in [-0.39, 0.29) is 42.7 Å². The molecule has 7 nitrogen and oxygen atoms in total. The number of fused-ring (bicyclic) bond motifs is 3. The van der Waals surface area contributed by atoms with Gasteiger partial charge in [0.25, 0.3) is 0 Å². The Morgan fingerprint density at radius 3 is 2.65 bits per heavy atom. The fraction of sp³-hybridized carbons (Fsp3) is 0.579. The van der Waals surface area contributed by atoms with Crippen molar-refractivity contribution in [1.29, 1.82) is 0 Å². The number of hydrogen-bond acceptors (Lipinski definition) is 3. The van der Waals surface area contributed by atoms with Crippen LogP contribution in [0.3, 0.4) is 0 Å². The van der Waals surface area contributed by atoms with Crippen molar-refractivity contribution in [1.82, 2.24) is 15.5 Å². The maximum atomic E-state index is 12.6. The molecule has 142 valence electrons. The molecule has 1 aromatic rings. The molecule has 1 saturated heterocycles. The highest BCUT2D eigenvalue weighted by Gasteiger charge is 2.55. The number of hydrogen-bond donors (Lipinski definition) is 3. The Morgan fingerprint density at radius 2 is 2.00 bits per heavy atom. The zero-order chi connectivity index (χ0) is 18.8. The molecular formula is C19H28N4O3. The molecule has 26 heavy (non-hydrogen) atoms. The monoisotopic (exact) mass is 360 g/mol. The maximum Gasteiger partial charge on any atom is 0.321 e. The van der Waals surface area contributed by atoms with Gasteiger partial charge in [-0.1, -0.05) is 25.1 Å². The molecule has 0 aliphatic carbocycles. The molecule has 3 rings (SSSR count). The summed E-state index contributed by atoms with van der Waals surface area (Å²) < 4.78 is 0. The van der Waals surface area contributed by atoms with Gasteiger partial charge in [0.1, 0.15) is 0 Å². The first kappa shape index (κ1) is 18.5. The highest BCUT2D eigenvalue weighted by Crippen LogP contribution is 2.48. The summed E-state index contributed by atoms with van der Waals surface area (Å²) in [7, 11) is 0. The van der Waals surface area contributed by atoms with E-state index in [9.17, 15) is 14.7 Å². The minimum Gasteiger partial charge on any atom is -0.394 e. The van der Waals surface area contributed by atoms with Gasteiger partial charge in [-0.2, -0.15) is 0 Å². The van der Waals surface area contributed by atoms with Gasteiger partial charge in [-0.25, -0.2) is 9.59 Å². The van der Waals surface area contributed by atoms with Crippen molar-refractivity contribution in [2.24, 2.45) is 0 Å². The lowest BCUT2D eigenvalue weighted by Gasteiger charge is -2.58. The molecule has 0 saturated carbocycles. The number of aliphatic hydroxyl groups excluding tert-OH is 1. The number of urea groups is 2. The molecule has 1 aromatic carbocycles. The van der Waals surface area contributed by atoms with Crippen molar-refractivity contribution in [3.8, 4) is 0 Å². The van der Waals surface area contributed by atoms with Crippen molar-refractivity contribution in [2.45, 2.75) is 51.2 Å². The van der Waals surface area contributed by atoms with Crippen LogP contribution in [0.25, 0.3) is 0 Å². The van der Waals surface area contributed by atoms with E-state index in [0.29, 0.717) is 13.1 Å². The van der Waals surface area contributed by atoms with E-state index in [2.05, 4.69) is 10.6 Å². The van der Waals surface area contributed by atoms with Gasteiger partial charge in [0.05, 0.1) is 18.7 Å². The normalized spacial score (nSPS) is 23.8. The zero-order valence-corrected chi connectivity index (χ0v) is 15.6. The van der Waals surface area contributed by atoms with Crippen molar-refractivity contribution >= 4 is 17.7 Å². The smallest absolute Gasteiger partial charge is 0.321 e. The van der Waals surface area contributed by atoms with Gasteiger partial charge in [0.2, 0.25) is 0 Å². The predicted molar refractivity (Wildman–Crippen MR) is 100 cm³/mol. The number of rotatable bonds is 4. The number of carbonyl (C=O) groups excluding carboxylic acids is 2. The standard InChI is InChI=1S/C19H28N4O3/c1-4-9-20-18(25)22-10-15-17(13-7-5-6-8-14(13)22)16(11-24)23(15)19(26)21-12(2)3/h5-8,12,15-17,24H,4,9-11H2,1-3H3,(H,20,25)(H,21,26)/t15-,16+,17+/m1/s1. The van der Waals surface area contributed by atoms with E-state index in [4.69, 9.17) is 0 Å². The van der Waals surface area contributed by atoms with E-state index in [1.54, 1.807) is 9.80 Å². The van der Waals surface area contributed by atoms with E-state index in [1.807, 2.05) is 45.0 Å². The van der Waals surface area contributed by atoms with Gasteiger partial charge in [-0.3, -0.25) is 4.90 Å². The number of para-hydroxylation sites is 1. The zero-order valence-electron chi connectivity index (χ0n) is 15.6. The lowest BCUT2D eigenvalue weighted by atomic mass is 9.72. The Kier molecular flexibility index (Phi) is 5.36. The van der Waals surface area contributed by atoms with E-state index < -0.39 is 0 Å². The van der Waals surface area contributed by atoms with Crippen molar-refractivity contribution in [3.63, 3.8) is 0 Å². The molecule has 0 unspecified atom stereocenters. The summed E-state index contributed by atoms with van der Waals surface area (Å²) in [4.78, 5) is 28.7. The summed E-state index contributed by atoms with van der Waals surface area (Å²) in [5.74, 6) is 0.0457. The number of amides is 4. The largest absolute Gasteiger partial charge is 0.394 e. The van der Waals surface area contributed by atoms with Gasteiger partial charge in [0.15, 0.2) is 0 Å². The number of carbonyl (C=O) groups is 2. The molecule has 7 heteroatoms. The number of aliphatic hydroxyl groups is 1. The highest BCUT2D eigenvalue weighted by molar-refractivity contribution is 5.94. The first-order valence-corrected chi connectivity index (χ1v) is 9.33. The van der Waals surface area contributed by atoms with Gasteiger partial charge in [-0.15, -0.1) is 0 Å². The van der Waals surface area contributed by atoms with Crippen molar-refractivity contribution < 1.29 is 14.7 Å². The van der Waals surface area contributed by atoms with Crippen LogP contribution in [0.4, 0.5) is 15.3 Å². The average molecular weight is 360 g/mol. The van der Waals surface area contributed by atoms with Gasteiger partial charge in [-0.05, 0) is 31.9 Å².